The molecule has 0 radical (unpaired) electrons. The Labute approximate surface area is 123 Å². The second-order valence-electron chi connectivity index (χ2n) is 5.08. The number of nitrogens with zero attached hydrogens (tertiary/aromatic N) is 3. The van der Waals surface area contributed by atoms with E-state index in [1.54, 1.807) is 9.80 Å². The number of amides is 3. The van der Waals surface area contributed by atoms with Crippen LogP contribution in [0.3, 0.4) is 0 Å². The molecule has 8 heteroatoms. The Morgan fingerprint density at radius 3 is 2.29 bits per heavy atom. The van der Waals surface area contributed by atoms with Gasteiger partial charge >= 0.3 is 12.0 Å². The Kier molecular flexibility index (Phi) is 5.00. The largest absolute Gasteiger partial charge is 0.467 e. The van der Waals surface area contributed by atoms with E-state index in [-0.39, 0.29) is 18.5 Å². The lowest BCUT2D eigenvalue weighted by molar-refractivity contribution is -0.150. The summed E-state index contributed by atoms with van der Waals surface area (Å²) in [5.41, 5.74) is 0. The molecule has 0 aliphatic carbocycles. The van der Waals surface area contributed by atoms with E-state index < -0.39 is 12.0 Å². The summed E-state index contributed by atoms with van der Waals surface area (Å²) in [6.45, 7) is 4.42. The molecule has 2 saturated heterocycles. The quantitative estimate of drug-likeness (QED) is 0.589. The highest BCUT2D eigenvalue weighted by Gasteiger charge is 2.38. The maximum Gasteiger partial charge on any atom is 0.330 e. The molecule has 0 saturated carbocycles. The van der Waals surface area contributed by atoms with Gasteiger partial charge in [-0.25, -0.2) is 9.59 Å². The van der Waals surface area contributed by atoms with Crippen molar-refractivity contribution in [3.8, 4) is 0 Å². The minimum atomic E-state index is -0.747. The predicted octanol–water partition coefficient (Wildman–Crippen LogP) is -0.856. The zero-order valence-corrected chi connectivity index (χ0v) is 12.4. The van der Waals surface area contributed by atoms with E-state index >= 15 is 0 Å². The van der Waals surface area contributed by atoms with Crippen molar-refractivity contribution in [1.29, 1.82) is 0 Å². The smallest absolute Gasteiger partial charge is 0.330 e. The second-order valence-corrected chi connectivity index (χ2v) is 5.08. The van der Waals surface area contributed by atoms with Crippen LogP contribution in [0.4, 0.5) is 4.79 Å². The van der Waals surface area contributed by atoms with Crippen LogP contribution >= 0.6 is 0 Å². The van der Waals surface area contributed by atoms with Gasteiger partial charge in [0.1, 0.15) is 6.04 Å². The van der Waals surface area contributed by atoms with Crippen LogP contribution in [0.25, 0.3) is 0 Å². The Morgan fingerprint density at radius 2 is 1.71 bits per heavy atom. The standard InChI is InChI=1S/C13H21N3O5/c1-10(17)15-3-4-16(11(9-15)12(18)20-2)13(19)14-5-7-21-8-6-14/h11H,3-9H2,1-2H3. The summed E-state index contributed by atoms with van der Waals surface area (Å²) in [5.74, 6) is -0.607. The number of piperazine rings is 1. The molecule has 3 amide bonds. The van der Waals surface area contributed by atoms with Crippen LogP contribution in [-0.4, -0.2) is 91.7 Å². The van der Waals surface area contributed by atoms with Crippen molar-refractivity contribution in [2.75, 3.05) is 53.0 Å². The molecule has 0 aromatic carbocycles. The number of carbonyl (C=O) groups excluding carboxylic acids is 3. The molecular weight excluding hydrogens is 278 g/mol. The van der Waals surface area contributed by atoms with Crippen LogP contribution < -0.4 is 0 Å². The van der Waals surface area contributed by atoms with E-state index in [9.17, 15) is 14.4 Å². The molecule has 2 aliphatic rings. The van der Waals surface area contributed by atoms with Crippen molar-refractivity contribution >= 4 is 17.9 Å². The summed E-state index contributed by atoms with van der Waals surface area (Å²) in [4.78, 5) is 40.7. The van der Waals surface area contributed by atoms with Gasteiger partial charge in [-0.05, 0) is 0 Å². The fourth-order valence-corrected chi connectivity index (χ4v) is 2.57. The molecule has 8 nitrogen and oxygen atoms in total. The minimum Gasteiger partial charge on any atom is -0.467 e. The van der Waals surface area contributed by atoms with E-state index in [1.807, 2.05) is 0 Å². The first-order valence-electron chi connectivity index (χ1n) is 7.01. The lowest BCUT2D eigenvalue weighted by Crippen LogP contribution is -2.62. The number of methoxy groups -OCH3 is 1. The average Bonchev–Trinajstić information content (AvgIpc) is 2.53. The van der Waals surface area contributed by atoms with Crippen LogP contribution in [0, 0.1) is 0 Å². The van der Waals surface area contributed by atoms with Crippen LogP contribution in [0.15, 0.2) is 0 Å². The lowest BCUT2D eigenvalue weighted by atomic mass is 10.1. The molecule has 2 rings (SSSR count). The Hall–Kier alpha value is -1.83. The van der Waals surface area contributed by atoms with Crippen LogP contribution in [0.2, 0.25) is 0 Å². The number of ether oxygens (including phenoxy) is 2. The number of hydrogen-bond acceptors (Lipinski definition) is 5. The van der Waals surface area contributed by atoms with Gasteiger partial charge in [0.15, 0.2) is 0 Å². The molecule has 0 aromatic rings. The third kappa shape index (κ3) is 3.44. The van der Waals surface area contributed by atoms with E-state index in [0.717, 1.165) is 0 Å². The topological polar surface area (TPSA) is 79.4 Å². The van der Waals surface area contributed by atoms with Gasteiger partial charge < -0.3 is 24.2 Å². The van der Waals surface area contributed by atoms with Crippen molar-refractivity contribution in [3.63, 3.8) is 0 Å². The summed E-state index contributed by atoms with van der Waals surface area (Å²) in [7, 11) is 1.28. The number of urea groups is 1. The zero-order valence-electron chi connectivity index (χ0n) is 12.4. The molecule has 0 spiro atoms. The molecular formula is C13H21N3O5. The first-order valence-corrected chi connectivity index (χ1v) is 7.01. The van der Waals surface area contributed by atoms with Gasteiger partial charge in [-0.1, -0.05) is 0 Å². The van der Waals surface area contributed by atoms with Crippen molar-refractivity contribution in [3.05, 3.63) is 0 Å². The van der Waals surface area contributed by atoms with E-state index in [4.69, 9.17) is 9.47 Å². The summed E-state index contributed by atoms with van der Waals surface area (Å²) in [6, 6.07) is -0.945. The van der Waals surface area contributed by atoms with E-state index in [0.29, 0.717) is 39.4 Å². The van der Waals surface area contributed by atoms with Gasteiger partial charge in [0.2, 0.25) is 5.91 Å². The minimum absolute atomic E-state index is 0.109. The average molecular weight is 299 g/mol. The Morgan fingerprint density at radius 1 is 1.05 bits per heavy atom. The zero-order chi connectivity index (χ0) is 15.4. The number of rotatable bonds is 1. The van der Waals surface area contributed by atoms with Crippen molar-refractivity contribution in [2.45, 2.75) is 13.0 Å². The van der Waals surface area contributed by atoms with E-state index in [1.165, 1.54) is 18.9 Å². The highest BCUT2D eigenvalue weighted by Crippen LogP contribution is 2.15. The maximum absolute atomic E-state index is 12.5. The van der Waals surface area contributed by atoms with Crippen molar-refractivity contribution in [1.82, 2.24) is 14.7 Å². The fraction of sp³-hybridized carbons (Fsp3) is 0.769. The van der Waals surface area contributed by atoms with Gasteiger partial charge in [0.25, 0.3) is 0 Å². The molecule has 2 fully saturated rings. The SMILES string of the molecule is COC(=O)C1CN(C(C)=O)CCN1C(=O)N1CCOCC1. The monoisotopic (exact) mass is 299 g/mol. The van der Waals surface area contributed by atoms with Crippen LogP contribution in [0.5, 0.6) is 0 Å². The number of hydrogen-bond donors (Lipinski definition) is 0. The Bertz CT molecular complexity index is 422. The molecule has 118 valence electrons. The number of carbonyl (C=O) groups is 3. The summed E-state index contributed by atoms with van der Waals surface area (Å²) >= 11 is 0. The van der Waals surface area contributed by atoms with Gasteiger partial charge in [-0.15, -0.1) is 0 Å². The first-order chi connectivity index (χ1) is 10.0. The molecule has 0 bridgehead atoms. The third-order valence-corrected chi connectivity index (χ3v) is 3.83. The fourth-order valence-electron chi connectivity index (χ4n) is 2.57. The molecule has 0 aromatic heterocycles. The first kappa shape index (κ1) is 15.6. The number of esters is 1. The summed E-state index contributed by atoms with van der Waals surface area (Å²) in [6.07, 6.45) is 0. The summed E-state index contributed by atoms with van der Waals surface area (Å²) in [5, 5.41) is 0. The molecule has 1 unspecified atom stereocenters. The highest BCUT2D eigenvalue weighted by molar-refractivity contribution is 5.85. The van der Waals surface area contributed by atoms with E-state index in [2.05, 4.69) is 0 Å². The third-order valence-electron chi connectivity index (χ3n) is 3.83. The number of morpholine rings is 1. The van der Waals surface area contributed by atoms with Crippen LogP contribution in [0.1, 0.15) is 6.92 Å². The predicted molar refractivity (Wildman–Crippen MR) is 72.6 cm³/mol. The molecule has 21 heavy (non-hydrogen) atoms. The Balaban J connectivity index is 2.10. The van der Waals surface area contributed by atoms with Gasteiger partial charge in [0.05, 0.1) is 26.9 Å². The molecule has 0 N–H and O–H groups in total. The molecule has 1 atom stereocenters. The second kappa shape index (κ2) is 6.75. The molecule has 2 heterocycles. The van der Waals surface area contributed by atoms with Gasteiger partial charge in [-0.3, -0.25) is 4.79 Å². The highest BCUT2D eigenvalue weighted by atomic mass is 16.5. The van der Waals surface area contributed by atoms with Crippen molar-refractivity contribution < 1.29 is 23.9 Å². The maximum atomic E-state index is 12.5. The van der Waals surface area contributed by atoms with Gasteiger partial charge in [0, 0.05) is 33.1 Å². The summed E-state index contributed by atoms with van der Waals surface area (Å²) < 4.78 is 10.00. The normalized spacial score (nSPS) is 23.0. The van der Waals surface area contributed by atoms with Crippen LogP contribution in [-0.2, 0) is 19.1 Å². The lowest BCUT2D eigenvalue weighted by Gasteiger charge is -2.42. The van der Waals surface area contributed by atoms with Gasteiger partial charge in [-0.2, -0.15) is 0 Å². The molecule has 2 aliphatic heterocycles. The van der Waals surface area contributed by atoms with Crippen molar-refractivity contribution in [2.24, 2.45) is 0 Å².